The minimum absolute atomic E-state index is 0.0374. The molecular formula is C22H25NO4. The Hall–Kier alpha value is -2.79. The Bertz CT molecular complexity index is 776. The SMILES string of the molecule is CC(=O)OCCc1cccc(CNC(C2=CC=CCC2)C2=COC=CO2)c1. The molecule has 0 saturated heterocycles. The average molecular weight is 367 g/mol. The molecule has 0 saturated carbocycles. The third-order valence-corrected chi connectivity index (χ3v) is 4.42. The Morgan fingerprint density at radius 2 is 2.19 bits per heavy atom. The Kier molecular flexibility index (Phi) is 6.88. The summed E-state index contributed by atoms with van der Waals surface area (Å²) in [5.41, 5.74) is 3.58. The maximum Gasteiger partial charge on any atom is 0.302 e. The van der Waals surface area contributed by atoms with E-state index in [-0.39, 0.29) is 12.0 Å². The fourth-order valence-electron chi connectivity index (χ4n) is 3.11. The molecule has 2 aliphatic rings. The first kappa shape index (κ1) is 19.0. The summed E-state index contributed by atoms with van der Waals surface area (Å²) >= 11 is 0. The van der Waals surface area contributed by atoms with Crippen LogP contribution in [0.5, 0.6) is 0 Å². The molecular weight excluding hydrogens is 342 g/mol. The zero-order valence-electron chi connectivity index (χ0n) is 15.5. The molecule has 3 rings (SSSR count). The molecule has 5 nitrogen and oxygen atoms in total. The zero-order chi connectivity index (χ0) is 18.9. The van der Waals surface area contributed by atoms with Crippen LogP contribution in [0.25, 0.3) is 0 Å². The molecule has 1 unspecified atom stereocenters. The van der Waals surface area contributed by atoms with Crippen LogP contribution >= 0.6 is 0 Å². The molecule has 27 heavy (non-hydrogen) atoms. The molecule has 0 fully saturated rings. The van der Waals surface area contributed by atoms with E-state index in [0.29, 0.717) is 19.6 Å². The predicted molar refractivity (Wildman–Crippen MR) is 103 cm³/mol. The van der Waals surface area contributed by atoms with Crippen LogP contribution in [0.1, 0.15) is 30.9 Å². The monoisotopic (exact) mass is 367 g/mol. The fraction of sp³-hybridized carbons (Fsp3) is 0.318. The lowest BCUT2D eigenvalue weighted by Gasteiger charge is -2.25. The number of hydrogen-bond donors (Lipinski definition) is 1. The molecule has 0 bridgehead atoms. The maximum absolute atomic E-state index is 10.9. The quantitative estimate of drug-likeness (QED) is 0.707. The van der Waals surface area contributed by atoms with Crippen molar-refractivity contribution in [3.8, 4) is 0 Å². The first-order valence-corrected chi connectivity index (χ1v) is 9.20. The van der Waals surface area contributed by atoms with E-state index in [9.17, 15) is 4.79 Å². The minimum Gasteiger partial charge on any atom is -0.466 e. The summed E-state index contributed by atoms with van der Waals surface area (Å²) in [4.78, 5) is 10.9. The topological polar surface area (TPSA) is 56.8 Å². The van der Waals surface area contributed by atoms with Gasteiger partial charge in [-0.25, -0.2) is 0 Å². The minimum atomic E-state index is -0.248. The molecule has 0 aromatic heterocycles. The lowest BCUT2D eigenvalue weighted by molar-refractivity contribution is -0.140. The van der Waals surface area contributed by atoms with E-state index in [0.717, 1.165) is 24.2 Å². The van der Waals surface area contributed by atoms with Gasteiger partial charge in [-0.05, 0) is 29.5 Å². The van der Waals surface area contributed by atoms with Crippen LogP contribution in [0.2, 0.25) is 0 Å². The molecule has 5 heteroatoms. The van der Waals surface area contributed by atoms with Crippen LogP contribution in [-0.2, 0) is 32.0 Å². The van der Waals surface area contributed by atoms with Crippen LogP contribution in [-0.4, -0.2) is 18.6 Å². The fourth-order valence-corrected chi connectivity index (χ4v) is 3.11. The summed E-state index contributed by atoms with van der Waals surface area (Å²) in [6.45, 7) is 2.52. The summed E-state index contributed by atoms with van der Waals surface area (Å²) in [6, 6.07) is 8.25. The van der Waals surface area contributed by atoms with E-state index in [4.69, 9.17) is 14.2 Å². The highest BCUT2D eigenvalue weighted by Crippen LogP contribution is 2.24. The highest BCUT2D eigenvalue weighted by atomic mass is 16.5. The van der Waals surface area contributed by atoms with Crippen molar-refractivity contribution in [3.05, 3.63) is 83.7 Å². The molecule has 1 aromatic carbocycles. The van der Waals surface area contributed by atoms with E-state index in [1.165, 1.54) is 24.3 Å². The lowest BCUT2D eigenvalue weighted by Crippen LogP contribution is -2.34. The Morgan fingerprint density at radius 3 is 2.93 bits per heavy atom. The number of carbonyl (C=O) groups is 1. The molecule has 142 valence electrons. The standard InChI is InChI=1S/C22H25NO4/c1-17(24)26-11-10-18-6-5-7-19(14-18)15-23-22(20-8-3-2-4-9-20)21-16-25-12-13-27-21/h2-3,5-8,12-14,16,22-23H,4,9-11,15H2,1H3. The second-order valence-electron chi connectivity index (χ2n) is 6.48. The van der Waals surface area contributed by atoms with Crippen LogP contribution < -0.4 is 5.32 Å². The van der Waals surface area contributed by atoms with Gasteiger partial charge >= 0.3 is 5.97 Å². The number of nitrogens with one attached hydrogen (secondary N) is 1. The van der Waals surface area contributed by atoms with Crippen molar-refractivity contribution in [2.75, 3.05) is 6.61 Å². The van der Waals surface area contributed by atoms with Gasteiger partial charge in [-0.2, -0.15) is 0 Å². The van der Waals surface area contributed by atoms with E-state index in [2.05, 4.69) is 35.7 Å². The van der Waals surface area contributed by atoms with E-state index < -0.39 is 0 Å². The number of rotatable bonds is 8. The van der Waals surface area contributed by atoms with Crippen molar-refractivity contribution in [2.24, 2.45) is 0 Å². The summed E-state index contributed by atoms with van der Waals surface area (Å²) in [5.74, 6) is 0.507. The van der Waals surface area contributed by atoms with Crippen LogP contribution in [0.15, 0.2) is 72.6 Å². The molecule has 0 radical (unpaired) electrons. The molecule has 1 N–H and O–H groups in total. The van der Waals surface area contributed by atoms with E-state index in [1.54, 1.807) is 12.5 Å². The van der Waals surface area contributed by atoms with Crippen molar-refractivity contribution in [3.63, 3.8) is 0 Å². The summed E-state index contributed by atoms with van der Waals surface area (Å²) in [5, 5.41) is 3.58. The number of allylic oxidation sites excluding steroid dienone is 3. The average Bonchev–Trinajstić information content (AvgIpc) is 2.70. The van der Waals surface area contributed by atoms with E-state index >= 15 is 0 Å². The Labute approximate surface area is 160 Å². The van der Waals surface area contributed by atoms with Crippen LogP contribution in [0.4, 0.5) is 0 Å². The largest absolute Gasteiger partial charge is 0.466 e. The molecule has 1 aromatic rings. The summed E-state index contributed by atoms with van der Waals surface area (Å²) in [6.07, 6.45) is 13.8. The maximum atomic E-state index is 10.9. The van der Waals surface area contributed by atoms with Crippen LogP contribution in [0, 0.1) is 0 Å². The molecule has 1 atom stereocenters. The van der Waals surface area contributed by atoms with Crippen LogP contribution in [0.3, 0.4) is 0 Å². The van der Waals surface area contributed by atoms with Gasteiger partial charge < -0.3 is 14.2 Å². The van der Waals surface area contributed by atoms with Crippen molar-refractivity contribution in [2.45, 2.75) is 38.8 Å². The Morgan fingerprint density at radius 1 is 1.30 bits per heavy atom. The number of benzene rings is 1. The second kappa shape index (κ2) is 9.78. The van der Waals surface area contributed by atoms with Gasteiger partial charge in [-0.15, -0.1) is 0 Å². The third-order valence-electron chi connectivity index (χ3n) is 4.42. The van der Waals surface area contributed by atoms with Gasteiger partial charge in [0.2, 0.25) is 0 Å². The predicted octanol–water partition coefficient (Wildman–Crippen LogP) is 3.89. The normalized spacial score (nSPS) is 16.6. The molecule has 1 aliphatic carbocycles. The van der Waals surface area contributed by atoms with Gasteiger partial charge in [0, 0.05) is 19.9 Å². The number of ether oxygens (including phenoxy) is 3. The summed E-state index contributed by atoms with van der Waals surface area (Å²) < 4.78 is 16.0. The Balaban J connectivity index is 1.64. The van der Waals surface area contributed by atoms with Crippen molar-refractivity contribution in [1.29, 1.82) is 0 Å². The van der Waals surface area contributed by atoms with Gasteiger partial charge in [0.25, 0.3) is 0 Å². The zero-order valence-corrected chi connectivity index (χ0v) is 15.5. The number of carbonyl (C=O) groups excluding carboxylic acids is 1. The molecule has 0 amide bonds. The van der Waals surface area contributed by atoms with Gasteiger partial charge in [0.1, 0.15) is 18.8 Å². The third kappa shape index (κ3) is 5.86. The molecule has 1 heterocycles. The number of esters is 1. The first-order chi connectivity index (χ1) is 13.2. The first-order valence-electron chi connectivity index (χ1n) is 9.20. The summed E-state index contributed by atoms with van der Waals surface area (Å²) in [7, 11) is 0. The smallest absolute Gasteiger partial charge is 0.302 e. The van der Waals surface area contributed by atoms with Gasteiger partial charge in [0.15, 0.2) is 5.76 Å². The second-order valence-corrected chi connectivity index (χ2v) is 6.48. The van der Waals surface area contributed by atoms with E-state index in [1.807, 2.05) is 12.1 Å². The molecule has 1 aliphatic heterocycles. The van der Waals surface area contributed by atoms with Crippen molar-refractivity contribution < 1.29 is 19.0 Å². The highest BCUT2D eigenvalue weighted by Gasteiger charge is 2.22. The van der Waals surface area contributed by atoms with Gasteiger partial charge in [-0.1, -0.05) is 42.5 Å². The van der Waals surface area contributed by atoms with Gasteiger partial charge in [-0.3, -0.25) is 10.1 Å². The van der Waals surface area contributed by atoms with Crippen molar-refractivity contribution in [1.82, 2.24) is 5.32 Å². The lowest BCUT2D eigenvalue weighted by atomic mass is 9.96. The number of hydrogen-bond acceptors (Lipinski definition) is 5. The van der Waals surface area contributed by atoms with Gasteiger partial charge in [0.05, 0.1) is 12.6 Å². The highest BCUT2D eigenvalue weighted by molar-refractivity contribution is 5.65. The van der Waals surface area contributed by atoms with Crippen molar-refractivity contribution >= 4 is 5.97 Å². The molecule has 0 spiro atoms.